The van der Waals surface area contributed by atoms with Gasteiger partial charge in [-0.2, -0.15) is 0 Å². The first-order valence-corrected chi connectivity index (χ1v) is 10.9. The van der Waals surface area contributed by atoms with Crippen LogP contribution < -0.4 is 9.44 Å². The number of anilines is 1. The number of aryl methyl sites for hydroxylation is 1. The SMILES string of the molecule is Cc1ccc(S(=O)(=O)Nc2ccc(S(=O)(=O)NC3CC3)cc2)c(Cl)c1. The van der Waals surface area contributed by atoms with Crippen LogP contribution in [0.4, 0.5) is 5.69 Å². The summed E-state index contributed by atoms with van der Waals surface area (Å²) in [6.07, 6.45) is 1.68. The van der Waals surface area contributed by atoms with Crippen molar-refractivity contribution in [3.8, 4) is 0 Å². The van der Waals surface area contributed by atoms with Crippen molar-refractivity contribution < 1.29 is 16.8 Å². The number of rotatable bonds is 6. The van der Waals surface area contributed by atoms with E-state index in [-0.39, 0.29) is 26.5 Å². The first-order chi connectivity index (χ1) is 11.7. The molecule has 0 heterocycles. The summed E-state index contributed by atoms with van der Waals surface area (Å²) in [4.78, 5) is 0.0579. The molecule has 1 aliphatic rings. The molecule has 0 bridgehead atoms. The van der Waals surface area contributed by atoms with E-state index in [4.69, 9.17) is 11.6 Å². The highest BCUT2D eigenvalue weighted by Gasteiger charge is 2.28. The molecule has 1 fully saturated rings. The molecule has 2 aromatic rings. The summed E-state index contributed by atoms with van der Waals surface area (Å²) >= 11 is 6.01. The zero-order valence-electron chi connectivity index (χ0n) is 13.4. The minimum atomic E-state index is -3.87. The van der Waals surface area contributed by atoms with Gasteiger partial charge in [0.1, 0.15) is 4.90 Å². The molecule has 25 heavy (non-hydrogen) atoms. The Morgan fingerprint density at radius 2 is 1.60 bits per heavy atom. The molecule has 9 heteroatoms. The van der Waals surface area contributed by atoms with Gasteiger partial charge in [-0.05, 0) is 61.7 Å². The van der Waals surface area contributed by atoms with Gasteiger partial charge in [-0.1, -0.05) is 17.7 Å². The van der Waals surface area contributed by atoms with Gasteiger partial charge in [0.15, 0.2) is 0 Å². The Bertz CT molecular complexity index is 999. The highest BCUT2D eigenvalue weighted by atomic mass is 35.5. The minimum absolute atomic E-state index is 0.00635. The molecule has 0 saturated heterocycles. The van der Waals surface area contributed by atoms with Gasteiger partial charge in [-0.3, -0.25) is 4.72 Å². The monoisotopic (exact) mass is 400 g/mol. The zero-order valence-corrected chi connectivity index (χ0v) is 15.7. The van der Waals surface area contributed by atoms with Crippen LogP contribution in [0.3, 0.4) is 0 Å². The molecular formula is C16H17ClN2O4S2. The summed E-state index contributed by atoms with van der Waals surface area (Å²) < 4.78 is 54.1. The van der Waals surface area contributed by atoms with Gasteiger partial charge in [0.25, 0.3) is 10.0 Å². The molecule has 2 aromatic carbocycles. The fourth-order valence-electron chi connectivity index (χ4n) is 2.22. The van der Waals surface area contributed by atoms with E-state index in [1.807, 2.05) is 6.92 Å². The van der Waals surface area contributed by atoms with Crippen molar-refractivity contribution in [1.82, 2.24) is 4.72 Å². The van der Waals surface area contributed by atoms with Crippen LogP contribution >= 0.6 is 11.6 Å². The molecule has 0 amide bonds. The van der Waals surface area contributed by atoms with Crippen LogP contribution in [-0.2, 0) is 20.0 Å². The number of hydrogen-bond donors (Lipinski definition) is 2. The number of benzene rings is 2. The van der Waals surface area contributed by atoms with Crippen LogP contribution in [0.15, 0.2) is 52.3 Å². The van der Waals surface area contributed by atoms with E-state index in [9.17, 15) is 16.8 Å². The quantitative estimate of drug-likeness (QED) is 0.779. The molecule has 0 spiro atoms. The molecule has 2 N–H and O–H groups in total. The van der Waals surface area contributed by atoms with Crippen LogP contribution in [0.2, 0.25) is 5.02 Å². The average molecular weight is 401 g/mol. The summed E-state index contributed by atoms with van der Waals surface area (Å²) in [5.74, 6) is 0. The first kappa shape index (κ1) is 18.2. The lowest BCUT2D eigenvalue weighted by atomic mass is 10.2. The van der Waals surface area contributed by atoms with Gasteiger partial charge in [-0.15, -0.1) is 0 Å². The third-order valence-corrected chi connectivity index (χ3v) is 7.09. The van der Waals surface area contributed by atoms with E-state index >= 15 is 0 Å². The highest BCUT2D eigenvalue weighted by molar-refractivity contribution is 7.92. The molecule has 0 aliphatic heterocycles. The molecule has 1 aliphatic carbocycles. The molecule has 0 radical (unpaired) electrons. The Kier molecular flexibility index (Phi) is 4.80. The second-order valence-electron chi connectivity index (χ2n) is 5.96. The Hall–Kier alpha value is -1.61. The predicted octanol–water partition coefficient (Wildman–Crippen LogP) is 2.89. The van der Waals surface area contributed by atoms with Gasteiger partial charge in [0.2, 0.25) is 10.0 Å². The molecular weight excluding hydrogens is 384 g/mol. The summed E-state index contributed by atoms with van der Waals surface area (Å²) in [6.45, 7) is 1.81. The van der Waals surface area contributed by atoms with Gasteiger partial charge in [-0.25, -0.2) is 21.6 Å². The summed E-state index contributed by atoms with van der Waals surface area (Å²) in [7, 11) is -7.43. The lowest BCUT2D eigenvalue weighted by Gasteiger charge is -2.11. The van der Waals surface area contributed by atoms with Crippen LogP contribution in [0.1, 0.15) is 18.4 Å². The minimum Gasteiger partial charge on any atom is -0.280 e. The number of halogens is 1. The van der Waals surface area contributed by atoms with E-state index in [2.05, 4.69) is 9.44 Å². The fraction of sp³-hybridized carbons (Fsp3) is 0.250. The van der Waals surface area contributed by atoms with Crippen molar-refractivity contribution in [2.75, 3.05) is 4.72 Å². The van der Waals surface area contributed by atoms with Gasteiger partial charge in [0.05, 0.1) is 9.92 Å². The maximum Gasteiger partial charge on any atom is 0.263 e. The molecule has 0 aromatic heterocycles. The second kappa shape index (κ2) is 6.60. The number of sulfonamides is 2. The Labute approximate surface area is 152 Å². The van der Waals surface area contributed by atoms with Crippen molar-refractivity contribution in [1.29, 1.82) is 0 Å². The number of hydrogen-bond acceptors (Lipinski definition) is 4. The van der Waals surface area contributed by atoms with E-state index in [0.29, 0.717) is 0 Å². The maximum atomic E-state index is 12.4. The van der Waals surface area contributed by atoms with Crippen LogP contribution in [0.25, 0.3) is 0 Å². The smallest absolute Gasteiger partial charge is 0.263 e. The van der Waals surface area contributed by atoms with Gasteiger partial charge in [0, 0.05) is 11.7 Å². The highest BCUT2D eigenvalue weighted by Crippen LogP contribution is 2.26. The summed E-state index contributed by atoms with van der Waals surface area (Å²) in [5, 5.41) is 0.125. The Morgan fingerprint density at radius 3 is 2.16 bits per heavy atom. The topological polar surface area (TPSA) is 92.3 Å². The van der Waals surface area contributed by atoms with Crippen molar-refractivity contribution in [2.45, 2.75) is 35.6 Å². The molecule has 6 nitrogen and oxygen atoms in total. The Balaban J connectivity index is 1.80. The van der Waals surface area contributed by atoms with Crippen molar-refractivity contribution in [3.05, 3.63) is 53.1 Å². The average Bonchev–Trinajstić information content (AvgIpc) is 3.30. The van der Waals surface area contributed by atoms with Crippen molar-refractivity contribution in [3.63, 3.8) is 0 Å². The molecule has 3 rings (SSSR count). The van der Waals surface area contributed by atoms with E-state index in [0.717, 1.165) is 18.4 Å². The lowest BCUT2D eigenvalue weighted by molar-refractivity contribution is 0.581. The van der Waals surface area contributed by atoms with E-state index in [1.54, 1.807) is 12.1 Å². The molecule has 0 atom stereocenters. The number of nitrogens with one attached hydrogen (secondary N) is 2. The normalized spacial score (nSPS) is 15.1. The van der Waals surface area contributed by atoms with Crippen LogP contribution in [-0.4, -0.2) is 22.9 Å². The van der Waals surface area contributed by atoms with Crippen molar-refractivity contribution in [2.24, 2.45) is 0 Å². The third kappa shape index (κ3) is 4.33. The first-order valence-electron chi connectivity index (χ1n) is 7.59. The predicted molar refractivity (Wildman–Crippen MR) is 96.8 cm³/mol. The molecule has 0 unspecified atom stereocenters. The largest absolute Gasteiger partial charge is 0.280 e. The summed E-state index contributed by atoms with van der Waals surface area (Å²) in [5.41, 5.74) is 1.10. The lowest BCUT2D eigenvalue weighted by Crippen LogP contribution is -2.25. The fourth-order valence-corrected chi connectivity index (χ4v) is 5.19. The van der Waals surface area contributed by atoms with Crippen molar-refractivity contribution >= 4 is 37.3 Å². The standard InChI is InChI=1S/C16H17ClN2O4S2/c1-11-2-9-16(15(17)10-11)25(22,23)19-13-5-7-14(8-6-13)24(20,21)18-12-3-4-12/h2,5-10,12,18-19H,3-4H2,1H3. The van der Waals surface area contributed by atoms with E-state index < -0.39 is 20.0 Å². The molecule has 134 valence electrons. The van der Waals surface area contributed by atoms with E-state index in [1.165, 1.54) is 30.3 Å². The molecule has 1 saturated carbocycles. The third-order valence-electron chi connectivity index (χ3n) is 3.69. The Morgan fingerprint density at radius 1 is 0.960 bits per heavy atom. The van der Waals surface area contributed by atoms with Gasteiger partial charge >= 0.3 is 0 Å². The zero-order chi connectivity index (χ0) is 18.2. The second-order valence-corrected chi connectivity index (χ2v) is 9.73. The maximum absolute atomic E-state index is 12.4. The van der Waals surface area contributed by atoms with Gasteiger partial charge < -0.3 is 0 Å². The summed E-state index contributed by atoms with van der Waals surface area (Å²) in [6, 6.07) is 10.2. The van der Waals surface area contributed by atoms with Crippen LogP contribution in [0.5, 0.6) is 0 Å². The van der Waals surface area contributed by atoms with Crippen LogP contribution in [0, 0.1) is 6.92 Å².